The van der Waals surface area contributed by atoms with E-state index in [1.165, 1.54) is 0 Å². The van der Waals surface area contributed by atoms with E-state index in [-0.39, 0.29) is 23.8 Å². The molecule has 5 nitrogen and oxygen atoms in total. The smallest absolute Gasteiger partial charge is 0.228 e. The Morgan fingerprint density at radius 2 is 2.00 bits per heavy atom. The molecule has 2 aromatic rings. The molecule has 1 saturated carbocycles. The Kier molecular flexibility index (Phi) is 6.12. The Bertz CT molecular complexity index is 943. The molecule has 3 atom stereocenters. The third-order valence-electron chi connectivity index (χ3n) is 6.74. The van der Waals surface area contributed by atoms with E-state index < -0.39 is 5.41 Å². The normalized spacial score (nSPS) is 25.4. The van der Waals surface area contributed by atoms with Crippen molar-refractivity contribution in [1.29, 1.82) is 0 Å². The second-order valence-electron chi connectivity index (χ2n) is 9.67. The second kappa shape index (κ2) is 8.81. The molecule has 0 spiro atoms. The van der Waals surface area contributed by atoms with Crippen molar-refractivity contribution in [2.75, 3.05) is 13.1 Å². The molecular weight excluding hydrogens is 386 g/mol. The zero-order valence-corrected chi connectivity index (χ0v) is 18.8. The van der Waals surface area contributed by atoms with Crippen LogP contribution in [0.4, 0.5) is 0 Å². The Hall–Kier alpha value is -2.69. The van der Waals surface area contributed by atoms with Gasteiger partial charge >= 0.3 is 0 Å². The zero-order chi connectivity index (χ0) is 22.0. The molecule has 164 valence electrons. The standard InChI is InChI=1S/C26H33N3O2/c1-18(2)28-25(31)26(11-7-13-29(17-26)24(30)23-14-19(23)3)15-20-8-4-5-10-22(20)21-9-6-12-27-16-21/h4-6,8-10,12,16,18-19,23H,7,11,13-15,17H2,1-3H3,(H,28,31)/t19-,23+,26-/m0/s1. The number of likely N-dealkylation sites (tertiary alicyclic amines) is 1. The minimum Gasteiger partial charge on any atom is -0.353 e. The van der Waals surface area contributed by atoms with Gasteiger partial charge in [-0.15, -0.1) is 0 Å². The average molecular weight is 420 g/mol. The molecule has 2 aliphatic rings. The molecule has 1 aliphatic carbocycles. The highest BCUT2D eigenvalue weighted by atomic mass is 16.2. The maximum Gasteiger partial charge on any atom is 0.228 e. The van der Waals surface area contributed by atoms with Gasteiger partial charge < -0.3 is 10.2 Å². The molecule has 1 aliphatic heterocycles. The first kappa shape index (κ1) is 21.5. The van der Waals surface area contributed by atoms with Gasteiger partial charge in [0.25, 0.3) is 0 Å². The Labute approximate surface area is 185 Å². The molecule has 2 amide bonds. The van der Waals surface area contributed by atoms with Crippen LogP contribution in [-0.2, 0) is 16.0 Å². The van der Waals surface area contributed by atoms with E-state index in [0.29, 0.717) is 18.9 Å². The van der Waals surface area contributed by atoms with Gasteiger partial charge in [-0.1, -0.05) is 37.3 Å². The lowest BCUT2D eigenvalue weighted by atomic mass is 9.73. The monoisotopic (exact) mass is 419 g/mol. The van der Waals surface area contributed by atoms with E-state index in [1.54, 1.807) is 6.20 Å². The largest absolute Gasteiger partial charge is 0.353 e. The number of carbonyl (C=O) groups is 2. The van der Waals surface area contributed by atoms with Crippen molar-refractivity contribution < 1.29 is 9.59 Å². The van der Waals surface area contributed by atoms with Crippen LogP contribution in [0.15, 0.2) is 48.8 Å². The van der Waals surface area contributed by atoms with Crippen LogP contribution in [0.1, 0.15) is 45.6 Å². The average Bonchev–Trinajstić information content (AvgIpc) is 3.50. The van der Waals surface area contributed by atoms with Crippen LogP contribution in [-0.4, -0.2) is 40.8 Å². The van der Waals surface area contributed by atoms with E-state index in [9.17, 15) is 9.59 Å². The van der Waals surface area contributed by atoms with Crippen molar-refractivity contribution >= 4 is 11.8 Å². The van der Waals surface area contributed by atoms with Gasteiger partial charge in [-0.05, 0) is 62.6 Å². The molecule has 1 N–H and O–H groups in total. The lowest BCUT2D eigenvalue weighted by Gasteiger charge is -2.42. The number of aromatic nitrogens is 1. The van der Waals surface area contributed by atoms with Gasteiger partial charge in [-0.25, -0.2) is 0 Å². The number of rotatable bonds is 6. The van der Waals surface area contributed by atoms with Crippen LogP contribution in [0.5, 0.6) is 0 Å². The van der Waals surface area contributed by atoms with Gasteiger partial charge in [0.1, 0.15) is 0 Å². The fourth-order valence-electron chi connectivity index (χ4n) is 4.89. The van der Waals surface area contributed by atoms with E-state index in [1.807, 2.05) is 43.1 Å². The lowest BCUT2D eigenvalue weighted by molar-refractivity contribution is -0.142. The molecule has 2 heterocycles. The molecule has 4 rings (SSSR count). The Morgan fingerprint density at radius 3 is 2.68 bits per heavy atom. The van der Waals surface area contributed by atoms with Crippen LogP contribution in [0.25, 0.3) is 11.1 Å². The summed E-state index contributed by atoms with van der Waals surface area (Å²) in [7, 11) is 0. The summed E-state index contributed by atoms with van der Waals surface area (Å²) in [6, 6.07) is 12.3. The second-order valence-corrected chi connectivity index (χ2v) is 9.67. The number of benzene rings is 1. The number of hydrogen-bond donors (Lipinski definition) is 1. The maximum atomic E-state index is 13.5. The number of pyridine rings is 1. The highest BCUT2D eigenvalue weighted by Gasteiger charge is 2.48. The van der Waals surface area contributed by atoms with Gasteiger partial charge in [0.15, 0.2) is 0 Å². The van der Waals surface area contributed by atoms with E-state index >= 15 is 0 Å². The SMILES string of the molecule is CC(C)NC(=O)[C@]1(Cc2ccccc2-c2cccnc2)CCCN(C(=O)[C@@H]2C[C@@H]2C)C1. The summed E-state index contributed by atoms with van der Waals surface area (Å²) in [5.41, 5.74) is 2.66. The van der Waals surface area contributed by atoms with E-state index in [0.717, 1.165) is 42.5 Å². The van der Waals surface area contributed by atoms with Crippen molar-refractivity contribution in [1.82, 2.24) is 15.2 Å². The first-order valence-corrected chi connectivity index (χ1v) is 11.5. The fourth-order valence-corrected chi connectivity index (χ4v) is 4.89. The van der Waals surface area contributed by atoms with E-state index in [4.69, 9.17) is 0 Å². The molecular formula is C26H33N3O2. The van der Waals surface area contributed by atoms with Crippen LogP contribution < -0.4 is 5.32 Å². The molecule has 0 bridgehead atoms. The molecule has 5 heteroatoms. The number of hydrogen-bond acceptors (Lipinski definition) is 3. The maximum absolute atomic E-state index is 13.5. The number of nitrogens with one attached hydrogen (secondary N) is 1. The first-order chi connectivity index (χ1) is 14.9. The summed E-state index contributed by atoms with van der Waals surface area (Å²) in [6.45, 7) is 7.37. The minimum absolute atomic E-state index is 0.0600. The topological polar surface area (TPSA) is 62.3 Å². The Morgan fingerprint density at radius 1 is 1.23 bits per heavy atom. The summed E-state index contributed by atoms with van der Waals surface area (Å²) in [5, 5.41) is 3.16. The predicted molar refractivity (Wildman–Crippen MR) is 122 cm³/mol. The predicted octanol–water partition coefficient (Wildman–Crippen LogP) is 4.08. The van der Waals surface area contributed by atoms with Gasteiger partial charge in [-0.2, -0.15) is 0 Å². The molecule has 1 aromatic carbocycles. The van der Waals surface area contributed by atoms with Gasteiger partial charge in [0.05, 0.1) is 5.41 Å². The Balaban J connectivity index is 1.67. The van der Waals surface area contributed by atoms with Crippen molar-refractivity contribution in [2.45, 2.75) is 52.5 Å². The molecule has 1 aromatic heterocycles. The minimum atomic E-state index is -0.616. The zero-order valence-electron chi connectivity index (χ0n) is 18.8. The third kappa shape index (κ3) is 4.65. The van der Waals surface area contributed by atoms with Crippen molar-refractivity contribution in [2.24, 2.45) is 17.3 Å². The molecule has 0 unspecified atom stereocenters. The van der Waals surface area contributed by atoms with Gasteiger partial charge in [0.2, 0.25) is 11.8 Å². The first-order valence-electron chi connectivity index (χ1n) is 11.5. The summed E-state index contributed by atoms with van der Waals surface area (Å²) >= 11 is 0. The highest BCUT2D eigenvalue weighted by molar-refractivity contribution is 5.87. The summed E-state index contributed by atoms with van der Waals surface area (Å²) in [5.74, 6) is 0.908. The van der Waals surface area contributed by atoms with Crippen LogP contribution >= 0.6 is 0 Å². The fraction of sp³-hybridized carbons (Fsp3) is 0.500. The van der Waals surface area contributed by atoms with Gasteiger partial charge in [0, 0.05) is 43.0 Å². The summed E-state index contributed by atoms with van der Waals surface area (Å²) in [6.07, 6.45) is 6.87. The molecule has 31 heavy (non-hydrogen) atoms. The third-order valence-corrected chi connectivity index (χ3v) is 6.74. The van der Waals surface area contributed by atoms with Crippen molar-refractivity contribution in [3.8, 4) is 11.1 Å². The van der Waals surface area contributed by atoms with Crippen LogP contribution in [0.2, 0.25) is 0 Å². The van der Waals surface area contributed by atoms with Crippen molar-refractivity contribution in [3.63, 3.8) is 0 Å². The summed E-state index contributed by atoms with van der Waals surface area (Å²) in [4.78, 5) is 32.8. The highest BCUT2D eigenvalue weighted by Crippen LogP contribution is 2.42. The number of piperidine rings is 1. The lowest BCUT2D eigenvalue weighted by Crippen LogP contribution is -2.55. The number of nitrogens with zero attached hydrogens (tertiary/aromatic N) is 2. The molecule has 1 saturated heterocycles. The number of carbonyl (C=O) groups excluding carboxylic acids is 2. The van der Waals surface area contributed by atoms with E-state index in [2.05, 4.69) is 35.4 Å². The van der Waals surface area contributed by atoms with Crippen LogP contribution in [0, 0.1) is 17.3 Å². The molecule has 0 radical (unpaired) electrons. The summed E-state index contributed by atoms with van der Waals surface area (Å²) < 4.78 is 0. The van der Waals surface area contributed by atoms with Crippen molar-refractivity contribution in [3.05, 3.63) is 54.4 Å². The quantitative estimate of drug-likeness (QED) is 0.767. The van der Waals surface area contributed by atoms with Crippen LogP contribution in [0.3, 0.4) is 0 Å². The van der Waals surface area contributed by atoms with Gasteiger partial charge in [-0.3, -0.25) is 14.6 Å². The number of amides is 2. The molecule has 2 fully saturated rings.